The van der Waals surface area contributed by atoms with E-state index in [0.29, 0.717) is 28.9 Å². The second-order valence-corrected chi connectivity index (χ2v) is 5.59. The van der Waals surface area contributed by atoms with E-state index >= 15 is 0 Å². The van der Waals surface area contributed by atoms with Gasteiger partial charge in [0.05, 0.1) is 0 Å². The summed E-state index contributed by atoms with van der Waals surface area (Å²) in [6, 6.07) is 5.37. The summed E-state index contributed by atoms with van der Waals surface area (Å²) in [6.07, 6.45) is 1.69. The second-order valence-electron chi connectivity index (χ2n) is 3.19. The molecule has 5 heteroatoms. The van der Waals surface area contributed by atoms with Crippen molar-refractivity contribution >= 4 is 34.0 Å². The van der Waals surface area contributed by atoms with Crippen LogP contribution in [0, 0.1) is 0 Å². The van der Waals surface area contributed by atoms with Crippen molar-refractivity contribution in [2.45, 2.75) is 6.54 Å². The summed E-state index contributed by atoms with van der Waals surface area (Å²) in [5, 5.41) is 4.54. The quantitative estimate of drug-likeness (QED) is 0.829. The fourth-order valence-electron chi connectivity index (χ4n) is 1.12. The summed E-state index contributed by atoms with van der Waals surface area (Å²) in [5.41, 5.74) is 0.964. The van der Waals surface area contributed by atoms with Crippen LogP contribution in [0.15, 0.2) is 18.2 Å². The molecule has 15 heavy (non-hydrogen) atoms. The van der Waals surface area contributed by atoms with Crippen molar-refractivity contribution in [3.63, 3.8) is 0 Å². The third-order valence-corrected chi connectivity index (χ3v) is 3.27. The Bertz CT molecular complexity index is 357. The Morgan fingerprint density at radius 1 is 1.40 bits per heavy atom. The minimum Gasteiger partial charge on any atom is -0.312 e. The van der Waals surface area contributed by atoms with Gasteiger partial charge in [-0.25, -0.2) is 0 Å². The van der Waals surface area contributed by atoms with Crippen LogP contribution in [0.25, 0.3) is 0 Å². The van der Waals surface area contributed by atoms with Crippen molar-refractivity contribution in [3.05, 3.63) is 33.8 Å². The Morgan fingerprint density at radius 3 is 2.80 bits per heavy atom. The number of hydrogen-bond acceptors (Lipinski definition) is 2. The van der Waals surface area contributed by atoms with Crippen LogP contribution >= 0.6 is 23.2 Å². The molecule has 1 rings (SSSR count). The normalized spacial score (nSPS) is 12.7. The molecular weight excluding hydrogens is 253 g/mol. The van der Waals surface area contributed by atoms with Gasteiger partial charge in [-0.05, 0) is 23.8 Å². The maximum absolute atomic E-state index is 10.8. The van der Waals surface area contributed by atoms with Gasteiger partial charge >= 0.3 is 0 Å². The van der Waals surface area contributed by atoms with Gasteiger partial charge in [-0.2, -0.15) is 0 Å². The maximum Gasteiger partial charge on any atom is 0.0451 e. The van der Waals surface area contributed by atoms with Crippen LogP contribution in [-0.4, -0.2) is 22.8 Å². The third kappa shape index (κ3) is 4.98. The van der Waals surface area contributed by atoms with Gasteiger partial charge in [0.1, 0.15) is 0 Å². The molecule has 1 atom stereocenters. The average Bonchev–Trinajstić information content (AvgIpc) is 2.17. The molecule has 0 heterocycles. The highest BCUT2D eigenvalue weighted by Crippen LogP contribution is 2.20. The minimum absolute atomic E-state index is 0.649. The van der Waals surface area contributed by atoms with E-state index in [-0.39, 0.29) is 0 Å². The van der Waals surface area contributed by atoms with Gasteiger partial charge < -0.3 is 5.32 Å². The Balaban J connectivity index is 2.43. The second kappa shape index (κ2) is 6.48. The molecule has 1 unspecified atom stereocenters. The predicted octanol–water partition coefficient (Wildman–Crippen LogP) is 2.46. The Hall–Kier alpha value is -0.0900. The Labute approximate surface area is 102 Å². The van der Waals surface area contributed by atoms with Gasteiger partial charge in [-0.3, -0.25) is 4.21 Å². The van der Waals surface area contributed by atoms with Crippen LogP contribution < -0.4 is 5.32 Å². The lowest BCUT2D eigenvalue weighted by Gasteiger charge is -2.06. The first kappa shape index (κ1) is 13.0. The highest BCUT2D eigenvalue weighted by Gasteiger charge is 2.00. The molecular formula is C10H13Cl2NOS. The Kier molecular flexibility index (Phi) is 5.61. The summed E-state index contributed by atoms with van der Waals surface area (Å²) >= 11 is 11.8. The lowest BCUT2D eigenvalue weighted by atomic mass is 10.2. The summed E-state index contributed by atoms with van der Waals surface area (Å²) in [6.45, 7) is 1.36. The van der Waals surface area contributed by atoms with E-state index in [1.807, 2.05) is 6.07 Å². The topological polar surface area (TPSA) is 29.1 Å². The van der Waals surface area contributed by atoms with Crippen molar-refractivity contribution in [2.75, 3.05) is 18.6 Å². The first-order chi connectivity index (χ1) is 7.09. The van der Waals surface area contributed by atoms with E-state index in [2.05, 4.69) is 5.32 Å². The molecule has 0 bridgehead atoms. The van der Waals surface area contributed by atoms with Crippen LogP contribution in [0.3, 0.4) is 0 Å². The fourth-order valence-corrected chi connectivity index (χ4v) is 1.93. The van der Waals surface area contributed by atoms with E-state index in [1.165, 1.54) is 0 Å². The molecule has 0 spiro atoms. The molecule has 1 N–H and O–H groups in total. The summed E-state index contributed by atoms with van der Waals surface area (Å²) in [5.74, 6) is 0.651. The maximum atomic E-state index is 10.8. The monoisotopic (exact) mass is 265 g/mol. The molecule has 1 aromatic carbocycles. The molecule has 0 saturated heterocycles. The van der Waals surface area contributed by atoms with Crippen LogP contribution in [-0.2, 0) is 17.3 Å². The zero-order valence-corrected chi connectivity index (χ0v) is 10.8. The highest BCUT2D eigenvalue weighted by molar-refractivity contribution is 7.84. The summed E-state index contributed by atoms with van der Waals surface area (Å²) in [4.78, 5) is 0. The zero-order valence-electron chi connectivity index (χ0n) is 8.43. The lowest BCUT2D eigenvalue weighted by Crippen LogP contribution is -2.19. The van der Waals surface area contributed by atoms with E-state index in [4.69, 9.17) is 23.2 Å². The van der Waals surface area contributed by atoms with Gasteiger partial charge in [0.2, 0.25) is 0 Å². The predicted molar refractivity (Wildman–Crippen MR) is 67.1 cm³/mol. The summed E-state index contributed by atoms with van der Waals surface area (Å²) < 4.78 is 10.8. The molecule has 0 fully saturated rings. The van der Waals surface area contributed by atoms with Crippen molar-refractivity contribution in [3.8, 4) is 0 Å². The van der Waals surface area contributed by atoms with E-state index in [1.54, 1.807) is 18.4 Å². The van der Waals surface area contributed by atoms with Gasteiger partial charge in [-0.1, -0.05) is 23.2 Å². The highest BCUT2D eigenvalue weighted by atomic mass is 35.5. The zero-order chi connectivity index (χ0) is 11.3. The molecule has 2 nitrogen and oxygen atoms in total. The number of hydrogen-bond donors (Lipinski definition) is 1. The van der Waals surface area contributed by atoms with Gasteiger partial charge in [-0.15, -0.1) is 0 Å². The average molecular weight is 266 g/mol. The van der Waals surface area contributed by atoms with Crippen molar-refractivity contribution in [2.24, 2.45) is 0 Å². The van der Waals surface area contributed by atoms with Crippen LogP contribution in [0.4, 0.5) is 0 Å². The molecule has 0 saturated carbocycles. The first-order valence-electron chi connectivity index (χ1n) is 4.54. The molecule has 84 valence electrons. The van der Waals surface area contributed by atoms with Crippen LogP contribution in [0.1, 0.15) is 5.56 Å². The molecule has 0 aliphatic rings. The molecule has 0 radical (unpaired) electrons. The third-order valence-electron chi connectivity index (χ3n) is 1.89. The molecule has 0 aromatic heterocycles. The van der Waals surface area contributed by atoms with Crippen LogP contribution in [0.2, 0.25) is 10.0 Å². The lowest BCUT2D eigenvalue weighted by molar-refractivity contribution is 0.677. The molecule has 1 aromatic rings. The van der Waals surface area contributed by atoms with Crippen molar-refractivity contribution in [1.29, 1.82) is 0 Å². The van der Waals surface area contributed by atoms with E-state index in [0.717, 1.165) is 5.56 Å². The van der Waals surface area contributed by atoms with Crippen molar-refractivity contribution in [1.82, 2.24) is 5.32 Å². The summed E-state index contributed by atoms with van der Waals surface area (Å²) in [7, 11) is -0.755. The van der Waals surface area contributed by atoms with E-state index in [9.17, 15) is 4.21 Å². The number of rotatable bonds is 5. The molecule has 0 amide bonds. The van der Waals surface area contributed by atoms with Gasteiger partial charge in [0, 0.05) is 45.9 Å². The van der Waals surface area contributed by atoms with Gasteiger partial charge in [0.15, 0.2) is 0 Å². The smallest absolute Gasteiger partial charge is 0.0451 e. The SMILES string of the molecule is CS(=O)CCNCc1cc(Cl)ccc1Cl. The first-order valence-corrected chi connectivity index (χ1v) is 7.02. The minimum atomic E-state index is -0.755. The standard InChI is InChI=1S/C10H13Cl2NOS/c1-15(14)5-4-13-7-8-6-9(11)2-3-10(8)12/h2-3,6,13H,4-5,7H2,1H3. The fraction of sp³-hybridized carbons (Fsp3) is 0.400. The van der Waals surface area contributed by atoms with Crippen LogP contribution in [0.5, 0.6) is 0 Å². The molecule has 0 aliphatic carbocycles. The number of halogens is 2. The number of benzene rings is 1. The van der Waals surface area contributed by atoms with E-state index < -0.39 is 10.8 Å². The number of nitrogens with one attached hydrogen (secondary N) is 1. The van der Waals surface area contributed by atoms with Crippen molar-refractivity contribution < 1.29 is 4.21 Å². The largest absolute Gasteiger partial charge is 0.312 e. The molecule has 0 aliphatic heterocycles. The van der Waals surface area contributed by atoms with Gasteiger partial charge in [0.25, 0.3) is 0 Å². The Morgan fingerprint density at radius 2 is 2.13 bits per heavy atom.